The van der Waals surface area contributed by atoms with Gasteiger partial charge in [0.05, 0.1) is 25.0 Å². The van der Waals surface area contributed by atoms with Gasteiger partial charge < -0.3 is 15.2 Å². The summed E-state index contributed by atoms with van der Waals surface area (Å²) in [5, 5.41) is 12.8. The van der Waals surface area contributed by atoms with Crippen LogP contribution in [-0.2, 0) is 17.9 Å². The van der Waals surface area contributed by atoms with Gasteiger partial charge in [0.1, 0.15) is 12.1 Å². The van der Waals surface area contributed by atoms with E-state index in [1.54, 1.807) is 30.5 Å². The second-order valence-electron chi connectivity index (χ2n) is 4.59. The Hall–Kier alpha value is -1.89. The Labute approximate surface area is 122 Å². The van der Waals surface area contributed by atoms with Crippen LogP contribution in [0.15, 0.2) is 42.9 Å². The van der Waals surface area contributed by atoms with E-state index in [0.717, 1.165) is 5.69 Å². The van der Waals surface area contributed by atoms with Crippen LogP contribution >= 0.6 is 0 Å². The molecule has 0 amide bonds. The summed E-state index contributed by atoms with van der Waals surface area (Å²) in [4.78, 5) is 7.89. The van der Waals surface area contributed by atoms with E-state index in [4.69, 9.17) is 4.74 Å². The fourth-order valence-electron chi connectivity index (χ4n) is 1.77. The lowest BCUT2D eigenvalue weighted by Crippen LogP contribution is -2.30. The highest BCUT2D eigenvalue weighted by Gasteiger charge is 2.06. The molecule has 6 heteroatoms. The lowest BCUT2D eigenvalue weighted by molar-refractivity contribution is 0.0277. The molecule has 0 fully saturated rings. The van der Waals surface area contributed by atoms with Crippen molar-refractivity contribution in [3.05, 3.63) is 59.9 Å². The Morgan fingerprint density at radius 1 is 1.29 bits per heavy atom. The molecule has 1 aromatic heterocycles. The van der Waals surface area contributed by atoms with Crippen LogP contribution in [-0.4, -0.2) is 34.3 Å². The SMILES string of the molecule is OC(CNCc1ccncn1)COCc1ccccc1F. The van der Waals surface area contributed by atoms with Crippen molar-refractivity contribution in [3.63, 3.8) is 0 Å². The number of ether oxygens (including phenoxy) is 1. The number of aliphatic hydroxyl groups is 1. The average Bonchev–Trinajstić information content (AvgIpc) is 2.50. The van der Waals surface area contributed by atoms with Crippen LogP contribution in [0, 0.1) is 5.82 Å². The van der Waals surface area contributed by atoms with Crippen LogP contribution in [0.2, 0.25) is 0 Å². The Balaban J connectivity index is 1.62. The summed E-state index contributed by atoms with van der Waals surface area (Å²) in [5.74, 6) is -0.297. The van der Waals surface area contributed by atoms with Gasteiger partial charge in [0.15, 0.2) is 0 Å². The number of hydrogen-bond donors (Lipinski definition) is 2. The van der Waals surface area contributed by atoms with Crippen molar-refractivity contribution in [2.45, 2.75) is 19.3 Å². The number of halogens is 1. The number of aliphatic hydroxyl groups excluding tert-OH is 1. The van der Waals surface area contributed by atoms with Crippen LogP contribution in [0.25, 0.3) is 0 Å². The van der Waals surface area contributed by atoms with Gasteiger partial charge in [-0.25, -0.2) is 14.4 Å². The largest absolute Gasteiger partial charge is 0.389 e. The highest BCUT2D eigenvalue weighted by molar-refractivity contribution is 5.16. The zero-order valence-corrected chi connectivity index (χ0v) is 11.6. The van der Waals surface area contributed by atoms with Gasteiger partial charge in [-0.15, -0.1) is 0 Å². The van der Waals surface area contributed by atoms with Crippen molar-refractivity contribution in [2.24, 2.45) is 0 Å². The fraction of sp³-hybridized carbons (Fsp3) is 0.333. The zero-order chi connectivity index (χ0) is 14.9. The molecular weight excluding hydrogens is 273 g/mol. The minimum absolute atomic E-state index is 0.144. The van der Waals surface area contributed by atoms with Crippen LogP contribution in [0.1, 0.15) is 11.3 Å². The van der Waals surface area contributed by atoms with Gasteiger partial charge in [-0.2, -0.15) is 0 Å². The molecule has 0 saturated heterocycles. The third kappa shape index (κ3) is 5.55. The van der Waals surface area contributed by atoms with Crippen molar-refractivity contribution >= 4 is 0 Å². The van der Waals surface area contributed by atoms with E-state index in [1.807, 2.05) is 0 Å². The molecule has 0 spiro atoms. The predicted octanol–water partition coefficient (Wildman–Crippen LogP) is 1.28. The maximum atomic E-state index is 13.3. The number of hydrogen-bond acceptors (Lipinski definition) is 5. The molecule has 0 saturated carbocycles. The van der Waals surface area contributed by atoms with Crippen LogP contribution < -0.4 is 5.32 Å². The van der Waals surface area contributed by atoms with E-state index in [0.29, 0.717) is 18.7 Å². The molecule has 2 rings (SSSR count). The van der Waals surface area contributed by atoms with Gasteiger partial charge >= 0.3 is 0 Å². The minimum atomic E-state index is -0.654. The fourth-order valence-corrected chi connectivity index (χ4v) is 1.77. The van der Waals surface area contributed by atoms with Gasteiger partial charge in [-0.1, -0.05) is 18.2 Å². The second kappa shape index (κ2) is 8.41. The molecule has 1 unspecified atom stereocenters. The lowest BCUT2D eigenvalue weighted by Gasteiger charge is -2.12. The van der Waals surface area contributed by atoms with Crippen molar-refractivity contribution in [3.8, 4) is 0 Å². The van der Waals surface area contributed by atoms with E-state index in [1.165, 1.54) is 12.4 Å². The van der Waals surface area contributed by atoms with Crippen LogP contribution in [0.3, 0.4) is 0 Å². The van der Waals surface area contributed by atoms with Crippen molar-refractivity contribution in [1.82, 2.24) is 15.3 Å². The van der Waals surface area contributed by atoms with Crippen molar-refractivity contribution in [2.75, 3.05) is 13.2 Å². The molecule has 0 aliphatic carbocycles. The van der Waals surface area contributed by atoms with Gasteiger partial charge in [0.25, 0.3) is 0 Å². The summed E-state index contributed by atoms with van der Waals surface area (Å²) < 4.78 is 18.6. The average molecular weight is 291 g/mol. The van der Waals surface area contributed by atoms with Crippen molar-refractivity contribution < 1.29 is 14.2 Å². The van der Waals surface area contributed by atoms with Crippen LogP contribution in [0.5, 0.6) is 0 Å². The first-order valence-electron chi connectivity index (χ1n) is 6.70. The first kappa shape index (κ1) is 15.5. The summed E-state index contributed by atoms with van der Waals surface area (Å²) in [5.41, 5.74) is 1.34. The number of aromatic nitrogens is 2. The standard InChI is InChI=1S/C15H18FN3O2/c16-15-4-2-1-3-12(15)9-21-10-14(20)8-18-7-13-5-6-17-11-19-13/h1-6,11,14,18,20H,7-10H2. The Bertz CT molecular complexity index is 539. The molecule has 5 nitrogen and oxygen atoms in total. The molecule has 2 N–H and O–H groups in total. The first-order valence-corrected chi connectivity index (χ1v) is 6.70. The first-order chi connectivity index (χ1) is 10.3. The summed E-state index contributed by atoms with van der Waals surface area (Å²) in [6.07, 6.45) is 2.49. The number of benzene rings is 1. The molecule has 0 aliphatic heterocycles. The Kier molecular flexibility index (Phi) is 6.21. The molecule has 112 valence electrons. The zero-order valence-electron chi connectivity index (χ0n) is 11.6. The van der Waals surface area contributed by atoms with E-state index in [2.05, 4.69) is 15.3 Å². The van der Waals surface area contributed by atoms with E-state index < -0.39 is 6.10 Å². The van der Waals surface area contributed by atoms with Crippen LogP contribution in [0.4, 0.5) is 4.39 Å². The Morgan fingerprint density at radius 3 is 2.90 bits per heavy atom. The normalized spacial score (nSPS) is 12.3. The molecule has 2 aromatic rings. The van der Waals surface area contributed by atoms with Gasteiger partial charge in [0.2, 0.25) is 0 Å². The van der Waals surface area contributed by atoms with Gasteiger partial charge in [-0.3, -0.25) is 0 Å². The smallest absolute Gasteiger partial charge is 0.128 e. The maximum absolute atomic E-state index is 13.3. The molecule has 1 heterocycles. The molecule has 0 radical (unpaired) electrons. The topological polar surface area (TPSA) is 67.3 Å². The summed E-state index contributed by atoms with van der Waals surface area (Å²) in [6.45, 7) is 1.22. The molecular formula is C15H18FN3O2. The van der Waals surface area contributed by atoms with E-state index in [-0.39, 0.29) is 19.0 Å². The molecule has 21 heavy (non-hydrogen) atoms. The summed E-state index contributed by atoms with van der Waals surface area (Å²) >= 11 is 0. The summed E-state index contributed by atoms with van der Waals surface area (Å²) in [6, 6.07) is 8.23. The quantitative estimate of drug-likeness (QED) is 0.767. The lowest BCUT2D eigenvalue weighted by atomic mass is 10.2. The van der Waals surface area contributed by atoms with E-state index in [9.17, 15) is 9.50 Å². The number of nitrogens with zero attached hydrogens (tertiary/aromatic N) is 2. The summed E-state index contributed by atoms with van der Waals surface area (Å²) in [7, 11) is 0. The van der Waals surface area contributed by atoms with Gasteiger partial charge in [-0.05, 0) is 12.1 Å². The van der Waals surface area contributed by atoms with Gasteiger partial charge in [0, 0.05) is 24.8 Å². The highest BCUT2D eigenvalue weighted by Crippen LogP contribution is 2.07. The maximum Gasteiger partial charge on any atom is 0.128 e. The molecule has 0 aliphatic rings. The third-order valence-electron chi connectivity index (χ3n) is 2.85. The highest BCUT2D eigenvalue weighted by atomic mass is 19.1. The number of rotatable bonds is 8. The predicted molar refractivity (Wildman–Crippen MR) is 75.8 cm³/mol. The second-order valence-corrected chi connectivity index (χ2v) is 4.59. The molecule has 1 atom stereocenters. The molecule has 1 aromatic carbocycles. The van der Waals surface area contributed by atoms with E-state index >= 15 is 0 Å². The monoisotopic (exact) mass is 291 g/mol. The molecule has 0 bridgehead atoms. The van der Waals surface area contributed by atoms with Crippen molar-refractivity contribution in [1.29, 1.82) is 0 Å². The third-order valence-corrected chi connectivity index (χ3v) is 2.85. The minimum Gasteiger partial charge on any atom is -0.389 e. The number of nitrogens with one attached hydrogen (secondary N) is 1. The Morgan fingerprint density at radius 2 is 2.14 bits per heavy atom.